The number of carbonyl (C=O) groups excluding carboxylic acids is 1. The van der Waals surface area contributed by atoms with Crippen LogP contribution in [0.5, 0.6) is 0 Å². The van der Waals surface area contributed by atoms with Crippen LogP contribution < -0.4 is 0 Å². The smallest absolute Gasteiger partial charge is 0.264 e. The molecule has 2 aromatic heterocycles. The lowest BCUT2D eigenvalue weighted by atomic mass is 10.1. The van der Waals surface area contributed by atoms with Crippen LogP contribution in [0, 0.1) is 13.8 Å². The highest BCUT2D eigenvalue weighted by atomic mass is 32.1. The highest BCUT2D eigenvalue weighted by Gasteiger charge is 2.42. The molecule has 0 spiro atoms. The van der Waals surface area contributed by atoms with Gasteiger partial charge in [-0.25, -0.2) is 4.98 Å². The number of rotatable bonds is 3. The number of morpholine rings is 1. The van der Waals surface area contributed by atoms with E-state index >= 15 is 0 Å². The number of aryl methyl sites for hydroxylation is 2. The van der Waals surface area contributed by atoms with Gasteiger partial charge in [-0.15, -0.1) is 22.7 Å². The average molecular weight is 364 g/mol. The molecule has 0 N–H and O–H groups in total. The molecule has 0 radical (unpaired) electrons. The fourth-order valence-electron chi connectivity index (χ4n) is 3.51. The van der Waals surface area contributed by atoms with Gasteiger partial charge in [0.1, 0.15) is 0 Å². The van der Waals surface area contributed by atoms with Crippen molar-refractivity contribution in [3.8, 4) is 0 Å². The summed E-state index contributed by atoms with van der Waals surface area (Å²) in [5.41, 5.74) is 2.27. The molecule has 24 heavy (non-hydrogen) atoms. The summed E-state index contributed by atoms with van der Waals surface area (Å²) < 4.78 is 5.95. The van der Waals surface area contributed by atoms with E-state index in [4.69, 9.17) is 4.74 Å². The third kappa shape index (κ3) is 3.13. The zero-order chi connectivity index (χ0) is 16.7. The number of nitrogens with zero attached hydrogens (tertiary/aromatic N) is 3. The van der Waals surface area contributed by atoms with Crippen LogP contribution in [0.3, 0.4) is 0 Å². The predicted molar refractivity (Wildman–Crippen MR) is 95.7 cm³/mol. The van der Waals surface area contributed by atoms with Gasteiger partial charge in [-0.3, -0.25) is 9.69 Å². The summed E-state index contributed by atoms with van der Waals surface area (Å²) in [6.07, 6.45) is 0.114. The highest BCUT2D eigenvalue weighted by Crippen LogP contribution is 2.27. The zero-order valence-electron chi connectivity index (χ0n) is 13.9. The van der Waals surface area contributed by atoms with Crippen molar-refractivity contribution in [1.29, 1.82) is 0 Å². The number of thiazole rings is 1. The van der Waals surface area contributed by atoms with E-state index in [-0.39, 0.29) is 18.1 Å². The summed E-state index contributed by atoms with van der Waals surface area (Å²) in [6.45, 7) is 7.96. The molecular weight excluding hydrogens is 342 g/mol. The first-order valence-corrected chi connectivity index (χ1v) is 9.97. The van der Waals surface area contributed by atoms with Crippen LogP contribution in [0.2, 0.25) is 0 Å². The first kappa shape index (κ1) is 16.2. The maximum Gasteiger partial charge on any atom is 0.264 e. The second-order valence-corrected chi connectivity index (χ2v) is 8.48. The first-order chi connectivity index (χ1) is 11.6. The largest absolute Gasteiger partial charge is 0.373 e. The van der Waals surface area contributed by atoms with Crippen molar-refractivity contribution in [2.45, 2.75) is 32.5 Å². The molecule has 2 aromatic rings. The fraction of sp³-hybridized carbons (Fsp3) is 0.529. The molecule has 0 saturated carbocycles. The van der Waals surface area contributed by atoms with E-state index in [0.29, 0.717) is 6.54 Å². The number of hydrogen-bond acceptors (Lipinski definition) is 6. The van der Waals surface area contributed by atoms with E-state index in [2.05, 4.69) is 15.3 Å². The minimum Gasteiger partial charge on any atom is -0.373 e. The van der Waals surface area contributed by atoms with Crippen molar-refractivity contribution in [3.63, 3.8) is 0 Å². The van der Waals surface area contributed by atoms with Gasteiger partial charge in [-0.1, -0.05) is 0 Å². The van der Waals surface area contributed by atoms with E-state index in [1.165, 1.54) is 11.3 Å². The molecule has 2 atom stereocenters. The van der Waals surface area contributed by atoms with Crippen LogP contribution in [0.4, 0.5) is 0 Å². The molecule has 2 saturated heterocycles. The zero-order valence-corrected chi connectivity index (χ0v) is 15.5. The Morgan fingerprint density at radius 3 is 2.92 bits per heavy atom. The molecule has 1 amide bonds. The standard InChI is InChI=1S/C17H21N3O2S2/c1-11-5-16(24-9-11)17(21)20-7-14-15(8-20)22-4-3-19(14)6-13-10-23-12(2)18-13/h5,9-10,14-15H,3-4,6-8H2,1-2H3/t14-,15-/m0/s1. The van der Waals surface area contributed by atoms with Crippen LogP contribution in [0.25, 0.3) is 0 Å². The van der Waals surface area contributed by atoms with Gasteiger partial charge in [0.05, 0.1) is 34.3 Å². The number of hydrogen-bond donors (Lipinski definition) is 0. The van der Waals surface area contributed by atoms with Crippen LogP contribution in [0.15, 0.2) is 16.8 Å². The Morgan fingerprint density at radius 1 is 1.33 bits per heavy atom. The van der Waals surface area contributed by atoms with Crippen LogP contribution in [0.1, 0.15) is 25.9 Å². The van der Waals surface area contributed by atoms with E-state index in [0.717, 1.165) is 47.4 Å². The minimum atomic E-state index is 0.114. The van der Waals surface area contributed by atoms with Gasteiger partial charge in [-0.2, -0.15) is 0 Å². The van der Waals surface area contributed by atoms with Crippen molar-refractivity contribution >= 4 is 28.6 Å². The Morgan fingerprint density at radius 2 is 2.21 bits per heavy atom. The Balaban J connectivity index is 1.46. The Labute approximate surface area is 149 Å². The summed E-state index contributed by atoms with van der Waals surface area (Å²) in [6, 6.07) is 2.25. The molecule has 7 heteroatoms. The minimum absolute atomic E-state index is 0.114. The molecule has 4 rings (SSSR count). The van der Waals surface area contributed by atoms with E-state index in [9.17, 15) is 4.79 Å². The van der Waals surface area contributed by atoms with Gasteiger partial charge >= 0.3 is 0 Å². The molecule has 4 heterocycles. The molecule has 0 bridgehead atoms. The third-order valence-electron chi connectivity index (χ3n) is 4.68. The van der Waals surface area contributed by atoms with Crippen molar-refractivity contribution in [1.82, 2.24) is 14.8 Å². The fourth-order valence-corrected chi connectivity index (χ4v) is 4.98. The molecule has 2 aliphatic rings. The molecule has 5 nitrogen and oxygen atoms in total. The highest BCUT2D eigenvalue weighted by molar-refractivity contribution is 7.12. The second-order valence-electron chi connectivity index (χ2n) is 6.50. The van der Waals surface area contributed by atoms with Crippen LogP contribution >= 0.6 is 22.7 Å². The molecular formula is C17H21N3O2S2. The summed E-state index contributed by atoms with van der Waals surface area (Å²) in [7, 11) is 0. The maximum absolute atomic E-state index is 12.7. The summed E-state index contributed by atoms with van der Waals surface area (Å²) in [5, 5.41) is 5.27. The quantitative estimate of drug-likeness (QED) is 0.841. The van der Waals surface area contributed by atoms with E-state index < -0.39 is 0 Å². The SMILES string of the molecule is Cc1csc(C(=O)N2C[C@@H]3OCCN(Cc4csc(C)n4)[C@H]3C2)c1. The van der Waals surface area contributed by atoms with Crippen molar-refractivity contribution in [2.75, 3.05) is 26.2 Å². The normalized spacial score (nSPS) is 24.3. The van der Waals surface area contributed by atoms with Crippen LogP contribution in [-0.2, 0) is 11.3 Å². The topological polar surface area (TPSA) is 45.7 Å². The first-order valence-electron chi connectivity index (χ1n) is 8.21. The van der Waals surface area contributed by atoms with Gasteiger partial charge in [0.2, 0.25) is 0 Å². The molecule has 2 aliphatic heterocycles. The van der Waals surface area contributed by atoms with Gasteiger partial charge in [0.15, 0.2) is 0 Å². The van der Waals surface area contributed by atoms with Crippen LogP contribution in [-0.4, -0.2) is 59.1 Å². The predicted octanol–water partition coefficient (Wildman–Crippen LogP) is 2.55. The Bertz CT molecular complexity index is 742. The molecule has 2 fully saturated rings. The van der Waals surface area contributed by atoms with Gasteiger partial charge < -0.3 is 9.64 Å². The summed E-state index contributed by atoms with van der Waals surface area (Å²) >= 11 is 3.22. The summed E-state index contributed by atoms with van der Waals surface area (Å²) in [5.74, 6) is 0.135. The maximum atomic E-state index is 12.7. The lowest BCUT2D eigenvalue weighted by Gasteiger charge is -2.36. The number of likely N-dealkylation sites (tertiary alicyclic amines) is 1. The molecule has 128 valence electrons. The van der Waals surface area contributed by atoms with Crippen molar-refractivity contribution in [2.24, 2.45) is 0 Å². The number of amides is 1. The third-order valence-corrected chi connectivity index (χ3v) is 6.53. The summed E-state index contributed by atoms with van der Waals surface area (Å²) in [4.78, 5) is 22.5. The lowest BCUT2D eigenvalue weighted by Crippen LogP contribution is -2.50. The molecule has 0 unspecified atom stereocenters. The molecule has 0 aliphatic carbocycles. The number of ether oxygens (including phenoxy) is 1. The van der Waals surface area contributed by atoms with Crippen molar-refractivity contribution < 1.29 is 9.53 Å². The number of thiophene rings is 1. The second kappa shape index (κ2) is 6.55. The van der Waals surface area contributed by atoms with E-state index in [1.54, 1.807) is 11.3 Å². The Hall–Kier alpha value is -1.28. The number of fused-ring (bicyclic) bond motifs is 1. The number of aromatic nitrogens is 1. The van der Waals surface area contributed by atoms with Gasteiger partial charge in [-0.05, 0) is 30.9 Å². The number of carbonyl (C=O) groups is 1. The molecule has 0 aromatic carbocycles. The van der Waals surface area contributed by atoms with E-state index in [1.807, 2.05) is 30.2 Å². The van der Waals surface area contributed by atoms with Gasteiger partial charge in [0, 0.05) is 31.6 Å². The van der Waals surface area contributed by atoms with Crippen molar-refractivity contribution in [3.05, 3.63) is 38.0 Å². The average Bonchev–Trinajstić information content (AvgIpc) is 3.27. The Kier molecular flexibility index (Phi) is 4.42. The monoisotopic (exact) mass is 363 g/mol. The van der Waals surface area contributed by atoms with Gasteiger partial charge in [0.25, 0.3) is 5.91 Å². The lowest BCUT2D eigenvalue weighted by molar-refractivity contribution is -0.0507.